The first-order chi connectivity index (χ1) is 6.11. The maximum Gasteiger partial charge on any atom is 0.141 e. The molecule has 13 heavy (non-hydrogen) atoms. The normalized spacial score (nSPS) is 19.9. The van der Waals surface area contributed by atoms with Crippen LogP contribution in [0, 0.1) is 5.41 Å². The van der Waals surface area contributed by atoms with Crippen LogP contribution in [-0.4, -0.2) is 23.0 Å². The molecule has 0 amide bonds. The molecule has 1 saturated heterocycles. The summed E-state index contributed by atoms with van der Waals surface area (Å²) in [6.45, 7) is 4.57. The minimum atomic E-state index is 0.203. The Hall–Kier alpha value is -0.0600. The van der Waals surface area contributed by atoms with Crippen molar-refractivity contribution in [1.82, 2.24) is 9.78 Å². The van der Waals surface area contributed by atoms with E-state index < -0.39 is 0 Å². The molecule has 1 aromatic heterocycles. The lowest BCUT2D eigenvalue weighted by molar-refractivity contribution is -0.111. The Kier molecular flexibility index (Phi) is 2.38. The fourth-order valence-corrected chi connectivity index (χ4v) is 1.81. The van der Waals surface area contributed by atoms with Gasteiger partial charge in [0.2, 0.25) is 0 Å². The summed E-state index contributed by atoms with van der Waals surface area (Å²) in [7, 11) is 0. The van der Waals surface area contributed by atoms with Crippen molar-refractivity contribution >= 4 is 27.5 Å². The molecule has 0 radical (unpaired) electrons. The summed E-state index contributed by atoms with van der Waals surface area (Å²) in [5, 5.41) is 4.82. The second kappa shape index (κ2) is 3.26. The minimum absolute atomic E-state index is 0.203. The summed E-state index contributed by atoms with van der Waals surface area (Å²) in [5.41, 5.74) is 0.203. The number of ether oxygens (including phenoxy) is 1. The third kappa shape index (κ3) is 1.75. The fourth-order valence-electron chi connectivity index (χ4n) is 1.36. The smallest absolute Gasteiger partial charge is 0.141 e. The zero-order valence-corrected chi connectivity index (χ0v) is 9.60. The Labute approximate surface area is 90.1 Å². The zero-order valence-electron chi connectivity index (χ0n) is 7.26. The predicted molar refractivity (Wildman–Crippen MR) is 53.9 cm³/mol. The number of aromatic nitrogens is 2. The Bertz CT molecular complexity index is 322. The van der Waals surface area contributed by atoms with Gasteiger partial charge in [0.1, 0.15) is 5.15 Å². The molecule has 0 saturated carbocycles. The lowest BCUT2D eigenvalue weighted by atomic mass is 9.89. The van der Waals surface area contributed by atoms with Gasteiger partial charge in [-0.15, -0.1) is 0 Å². The molecular formula is C8H10BrClN2O. The van der Waals surface area contributed by atoms with Crippen LogP contribution in [0.25, 0.3) is 0 Å². The lowest BCUT2D eigenvalue weighted by Gasteiger charge is -2.37. The number of hydrogen-bond donors (Lipinski definition) is 0. The van der Waals surface area contributed by atoms with Crippen molar-refractivity contribution < 1.29 is 4.74 Å². The van der Waals surface area contributed by atoms with Crippen molar-refractivity contribution in [2.45, 2.75) is 13.5 Å². The second-order valence-electron chi connectivity index (χ2n) is 3.74. The molecule has 5 heteroatoms. The van der Waals surface area contributed by atoms with Gasteiger partial charge in [-0.2, -0.15) is 5.10 Å². The predicted octanol–water partition coefficient (Wildman–Crippen LogP) is 2.34. The first kappa shape index (κ1) is 9.49. The molecule has 1 fully saturated rings. The number of hydrogen-bond acceptors (Lipinski definition) is 2. The van der Waals surface area contributed by atoms with Gasteiger partial charge in [-0.25, -0.2) is 0 Å². The topological polar surface area (TPSA) is 27.1 Å². The summed E-state index contributed by atoms with van der Waals surface area (Å²) < 4.78 is 7.81. The molecule has 2 rings (SSSR count). The van der Waals surface area contributed by atoms with Crippen LogP contribution in [0.2, 0.25) is 5.15 Å². The van der Waals surface area contributed by atoms with Gasteiger partial charge < -0.3 is 4.74 Å². The van der Waals surface area contributed by atoms with Crippen molar-refractivity contribution in [3.63, 3.8) is 0 Å². The van der Waals surface area contributed by atoms with Crippen LogP contribution in [0.4, 0.5) is 0 Å². The summed E-state index contributed by atoms with van der Waals surface area (Å²) in [6.07, 6.45) is 1.71. The van der Waals surface area contributed by atoms with E-state index in [0.717, 1.165) is 24.2 Å². The number of halogens is 2. The van der Waals surface area contributed by atoms with Crippen molar-refractivity contribution in [3.8, 4) is 0 Å². The molecule has 0 N–H and O–H groups in total. The number of nitrogens with zero attached hydrogens (tertiary/aromatic N) is 2. The Morgan fingerprint density at radius 1 is 1.77 bits per heavy atom. The van der Waals surface area contributed by atoms with Gasteiger partial charge in [-0.05, 0) is 15.9 Å². The van der Waals surface area contributed by atoms with E-state index in [1.807, 2.05) is 0 Å². The van der Waals surface area contributed by atoms with Crippen LogP contribution in [0.5, 0.6) is 0 Å². The SMILES string of the molecule is CC1(Cn2ncc(Br)c2Cl)COC1. The average molecular weight is 266 g/mol. The third-order valence-electron chi connectivity index (χ3n) is 2.17. The van der Waals surface area contributed by atoms with Crippen LogP contribution in [-0.2, 0) is 11.3 Å². The van der Waals surface area contributed by atoms with Gasteiger partial charge in [-0.3, -0.25) is 4.68 Å². The number of rotatable bonds is 2. The molecule has 2 heterocycles. The van der Waals surface area contributed by atoms with Crippen molar-refractivity contribution in [2.75, 3.05) is 13.2 Å². The van der Waals surface area contributed by atoms with Gasteiger partial charge in [0.25, 0.3) is 0 Å². The van der Waals surface area contributed by atoms with Crippen molar-refractivity contribution in [1.29, 1.82) is 0 Å². The molecule has 0 aliphatic carbocycles. The molecule has 72 valence electrons. The van der Waals surface area contributed by atoms with E-state index in [9.17, 15) is 0 Å². The molecule has 0 aromatic carbocycles. The summed E-state index contributed by atoms with van der Waals surface area (Å²) in [5.74, 6) is 0. The van der Waals surface area contributed by atoms with E-state index in [4.69, 9.17) is 16.3 Å². The molecular weight excluding hydrogens is 255 g/mol. The quantitative estimate of drug-likeness (QED) is 0.821. The molecule has 1 aliphatic rings. The van der Waals surface area contributed by atoms with E-state index in [1.54, 1.807) is 10.9 Å². The molecule has 0 spiro atoms. The van der Waals surface area contributed by atoms with Crippen LogP contribution in [0.3, 0.4) is 0 Å². The molecule has 0 unspecified atom stereocenters. The van der Waals surface area contributed by atoms with Crippen LogP contribution in [0.1, 0.15) is 6.92 Å². The fraction of sp³-hybridized carbons (Fsp3) is 0.625. The standard InChI is InChI=1S/C8H10BrClN2O/c1-8(4-13-5-8)3-12-7(10)6(9)2-11-12/h2H,3-5H2,1H3. The van der Waals surface area contributed by atoms with Crippen LogP contribution in [0.15, 0.2) is 10.7 Å². The van der Waals surface area contributed by atoms with Crippen LogP contribution >= 0.6 is 27.5 Å². The monoisotopic (exact) mass is 264 g/mol. The largest absolute Gasteiger partial charge is 0.380 e. The van der Waals surface area contributed by atoms with Gasteiger partial charge >= 0.3 is 0 Å². The minimum Gasteiger partial charge on any atom is -0.380 e. The highest BCUT2D eigenvalue weighted by Gasteiger charge is 2.34. The highest BCUT2D eigenvalue weighted by Crippen LogP contribution is 2.31. The summed E-state index contributed by atoms with van der Waals surface area (Å²) in [4.78, 5) is 0. The Morgan fingerprint density at radius 3 is 2.85 bits per heavy atom. The Morgan fingerprint density at radius 2 is 2.46 bits per heavy atom. The average Bonchev–Trinajstić information content (AvgIpc) is 2.33. The van der Waals surface area contributed by atoms with E-state index in [1.165, 1.54) is 0 Å². The van der Waals surface area contributed by atoms with Crippen molar-refractivity contribution in [3.05, 3.63) is 15.8 Å². The molecule has 1 aliphatic heterocycles. The van der Waals surface area contributed by atoms with Gasteiger partial charge in [0, 0.05) is 5.41 Å². The summed E-state index contributed by atoms with van der Waals surface area (Å²) >= 11 is 9.33. The first-order valence-corrected chi connectivity index (χ1v) is 5.22. The molecule has 1 aromatic rings. The van der Waals surface area contributed by atoms with E-state index in [2.05, 4.69) is 28.0 Å². The summed E-state index contributed by atoms with van der Waals surface area (Å²) in [6, 6.07) is 0. The van der Waals surface area contributed by atoms with E-state index >= 15 is 0 Å². The van der Waals surface area contributed by atoms with Gasteiger partial charge in [0.15, 0.2) is 0 Å². The first-order valence-electron chi connectivity index (χ1n) is 4.05. The van der Waals surface area contributed by atoms with E-state index in [-0.39, 0.29) is 5.41 Å². The Balaban J connectivity index is 2.13. The lowest BCUT2D eigenvalue weighted by Crippen LogP contribution is -2.43. The highest BCUT2D eigenvalue weighted by atomic mass is 79.9. The van der Waals surface area contributed by atoms with Gasteiger partial charge in [0.05, 0.1) is 30.4 Å². The third-order valence-corrected chi connectivity index (χ3v) is 3.37. The maximum atomic E-state index is 6.01. The van der Waals surface area contributed by atoms with Gasteiger partial charge in [-0.1, -0.05) is 18.5 Å². The van der Waals surface area contributed by atoms with E-state index in [0.29, 0.717) is 5.15 Å². The van der Waals surface area contributed by atoms with Crippen LogP contribution < -0.4 is 0 Å². The highest BCUT2D eigenvalue weighted by molar-refractivity contribution is 9.10. The zero-order chi connectivity index (χ0) is 9.47. The molecule has 0 bridgehead atoms. The van der Waals surface area contributed by atoms with Crippen molar-refractivity contribution in [2.24, 2.45) is 5.41 Å². The molecule has 0 atom stereocenters. The second-order valence-corrected chi connectivity index (χ2v) is 4.96. The molecule has 3 nitrogen and oxygen atoms in total. The maximum absolute atomic E-state index is 6.01.